The second kappa shape index (κ2) is 8.91. The largest absolute Gasteiger partial charge is 0.493 e. The molecule has 1 N–H and O–H groups in total. The van der Waals surface area contributed by atoms with Crippen molar-refractivity contribution >= 4 is 34.3 Å². The molecule has 11 heteroatoms. The molecular formula is C21H24ClN7O3. The van der Waals surface area contributed by atoms with E-state index < -0.39 is 0 Å². The van der Waals surface area contributed by atoms with Gasteiger partial charge >= 0.3 is 0 Å². The van der Waals surface area contributed by atoms with E-state index in [0.717, 1.165) is 17.5 Å². The maximum Gasteiger partial charge on any atom is 0.226 e. The van der Waals surface area contributed by atoms with Crippen molar-refractivity contribution in [2.75, 3.05) is 26.6 Å². The van der Waals surface area contributed by atoms with Crippen molar-refractivity contribution in [2.45, 2.75) is 26.3 Å². The summed E-state index contributed by atoms with van der Waals surface area (Å²) in [6.07, 6.45) is 6.14. The van der Waals surface area contributed by atoms with Crippen molar-refractivity contribution in [1.82, 2.24) is 29.3 Å². The number of methoxy groups -OCH3 is 3. The molecule has 3 aromatic heterocycles. The topological polar surface area (TPSA) is 101 Å². The van der Waals surface area contributed by atoms with Crippen molar-refractivity contribution in [3.05, 3.63) is 36.1 Å². The number of hydrogen-bond acceptors (Lipinski definition) is 8. The van der Waals surface area contributed by atoms with E-state index in [1.807, 2.05) is 27.6 Å². The second-order valence-electron chi connectivity index (χ2n) is 7.10. The summed E-state index contributed by atoms with van der Waals surface area (Å²) >= 11 is 6.19. The molecule has 1 unspecified atom stereocenters. The van der Waals surface area contributed by atoms with Crippen molar-refractivity contribution in [3.63, 3.8) is 0 Å². The fourth-order valence-corrected chi connectivity index (χ4v) is 3.52. The number of imidazole rings is 1. The van der Waals surface area contributed by atoms with E-state index in [1.165, 1.54) is 0 Å². The predicted octanol–water partition coefficient (Wildman–Crippen LogP) is 4.41. The fraction of sp³-hybridized carbons (Fsp3) is 0.333. The Kier molecular flexibility index (Phi) is 6.04. The van der Waals surface area contributed by atoms with Crippen LogP contribution in [-0.2, 0) is 0 Å². The van der Waals surface area contributed by atoms with Crippen LogP contribution in [0.15, 0.2) is 30.9 Å². The smallest absolute Gasteiger partial charge is 0.226 e. The van der Waals surface area contributed by atoms with Crippen LogP contribution in [0.25, 0.3) is 16.7 Å². The summed E-state index contributed by atoms with van der Waals surface area (Å²) in [6, 6.07) is 3.86. The van der Waals surface area contributed by atoms with E-state index in [9.17, 15) is 0 Å². The molecule has 0 aliphatic heterocycles. The number of nitrogens with one attached hydrogen (secondary N) is 1. The first kappa shape index (κ1) is 21.7. The van der Waals surface area contributed by atoms with Gasteiger partial charge in [-0.2, -0.15) is 15.1 Å². The minimum Gasteiger partial charge on any atom is -0.493 e. The van der Waals surface area contributed by atoms with Crippen LogP contribution >= 0.6 is 11.6 Å². The first-order chi connectivity index (χ1) is 15.5. The van der Waals surface area contributed by atoms with Crippen LogP contribution in [0, 0.1) is 0 Å². The van der Waals surface area contributed by atoms with Crippen molar-refractivity contribution in [1.29, 1.82) is 0 Å². The quantitative estimate of drug-likeness (QED) is 0.388. The third-order valence-electron chi connectivity index (χ3n) is 5.21. The summed E-state index contributed by atoms with van der Waals surface area (Å²) in [6.45, 7) is 4.17. The highest BCUT2D eigenvalue weighted by molar-refractivity contribution is 6.28. The van der Waals surface area contributed by atoms with Gasteiger partial charge in [0.05, 0.1) is 50.8 Å². The Labute approximate surface area is 190 Å². The number of ether oxygens (including phenoxy) is 3. The third kappa shape index (κ3) is 3.89. The van der Waals surface area contributed by atoms with E-state index in [0.29, 0.717) is 34.5 Å². The fourth-order valence-electron chi connectivity index (χ4n) is 3.36. The van der Waals surface area contributed by atoms with Gasteiger partial charge in [0, 0.05) is 12.1 Å². The molecule has 0 radical (unpaired) electrons. The van der Waals surface area contributed by atoms with Gasteiger partial charge in [0.2, 0.25) is 11.0 Å². The molecule has 32 heavy (non-hydrogen) atoms. The Balaban J connectivity index is 1.69. The summed E-state index contributed by atoms with van der Waals surface area (Å²) in [7, 11) is 4.72. The summed E-state index contributed by atoms with van der Waals surface area (Å²) in [5.74, 6) is 2.72. The molecule has 0 spiro atoms. The lowest BCUT2D eigenvalue weighted by atomic mass is 10.2. The molecule has 0 aliphatic rings. The van der Waals surface area contributed by atoms with Gasteiger partial charge in [0.1, 0.15) is 18.0 Å². The van der Waals surface area contributed by atoms with Crippen LogP contribution in [0.1, 0.15) is 26.3 Å². The minimum atomic E-state index is 0.133. The number of benzene rings is 1. The van der Waals surface area contributed by atoms with Crippen LogP contribution in [0.4, 0.5) is 11.6 Å². The lowest BCUT2D eigenvalue weighted by molar-refractivity contribution is 0.324. The molecule has 10 nitrogen and oxygen atoms in total. The average Bonchev–Trinajstić information content (AvgIpc) is 3.44. The number of hydrogen-bond donors (Lipinski definition) is 1. The highest BCUT2D eigenvalue weighted by Gasteiger charge is 2.17. The number of anilines is 2. The average molecular weight is 458 g/mol. The Morgan fingerprint density at radius 1 is 1.09 bits per heavy atom. The molecule has 0 bridgehead atoms. The van der Waals surface area contributed by atoms with Gasteiger partial charge in [-0.25, -0.2) is 9.67 Å². The van der Waals surface area contributed by atoms with Gasteiger partial charge in [-0.1, -0.05) is 6.92 Å². The highest BCUT2D eigenvalue weighted by atomic mass is 35.5. The van der Waals surface area contributed by atoms with Crippen LogP contribution in [0.2, 0.25) is 5.28 Å². The van der Waals surface area contributed by atoms with Gasteiger partial charge in [0.15, 0.2) is 17.1 Å². The first-order valence-electron chi connectivity index (χ1n) is 10.0. The van der Waals surface area contributed by atoms with E-state index >= 15 is 0 Å². The summed E-state index contributed by atoms with van der Waals surface area (Å²) in [4.78, 5) is 13.1. The number of nitrogens with zero attached hydrogens (tertiary/aromatic N) is 6. The molecule has 0 amide bonds. The molecule has 1 aromatic carbocycles. The molecule has 4 aromatic rings. The number of rotatable bonds is 8. The summed E-state index contributed by atoms with van der Waals surface area (Å²) in [5.41, 5.74) is 1.46. The van der Waals surface area contributed by atoms with Gasteiger partial charge in [0.25, 0.3) is 0 Å². The van der Waals surface area contributed by atoms with Crippen LogP contribution < -0.4 is 19.5 Å². The Morgan fingerprint density at radius 2 is 1.81 bits per heavy atom. The third-order valence-corrected chi connectivity index (χ3v) is 5.38. The molecule has 168 valence electrons. The van der Waals surface area contributed by atoms with Crippen molar-refractivity contribution in [2.24, 2.45) is 0 Å². The maximum absolute atomic E-state index is 6.19. The summed E-state index contributed by atoms with van der Waals surface area (Å²) in [5, 5.41) is 8.58. The van der Waals surface area contributed by atoms with Gasteiger partial charge in [-0.05, 0) is 24.9 Å². The van der Waals surface area contributed by atoms with Crippen LogP contribution in [0.3, 0.4) is 0 Å². The second-order valence-corrected chi connectivity index (χ2v) is 7.44. The van der Waals surface area contributed by atoms with Crippen LogP contribution in [-0.4, -0.2) is 50.6 Å². The monoisotopic (exact) mass is 457 g/mol. The normalized spacial score (nSPS) is 12.1. The molecule has 0 saturated carbocycles. The van der Waals surface area contributed by atoms with Crippen LogP contribution in [0.5, 0.6) is 17.2 Å². The standard InChI is InChI=1S/C21H24ClN7O3/c1-6-12(2)29-20-14(9-24-29)19(26-21(22)27-20)25-17-10-28(11-23-17)13-7-15(30-3)18(32-5)16(8-13)31-4/h7-12H,6H2,1-5H3,(H,25,26,27). The lowest BCUT2D eigenvalue weighted by Crippen LogP contribution is -2.07. The molecule has 0 aliphatic carbocycles. The zero-order valence-corrected chi connectivity index (χ0v) is 19.2. The van der Waals surface area contributed by atoms with E-state index in [4.69, 9.17) is 25.8 Å². The highest BCUT2D eigenvalue weighted by Crippen LogP contribution is 2.39. The first-order valence-corrected chi connectivity index (χ1v) is 10.4. The zero-order valence-electron chi connectivity index (χ0n) is 18.5. The van der Waals surface area contributed by atoms with Gasteiger partial charge < -0.3 is 24.1 Å². The van der Waals surface area contributed by atoms with Gasteiger partial charge in [-0.3, -0.25) is 0 Å². The predicted molar refractivity (Wildman–Crippen MR) is 122 cm³/mol. The molecule has 3 heterocycles. The Hall–Kier alpha value is -3.53. The number of halogens is 1. The number of aromatic nitrogens is 6. The van der Waals surface area contributed by atoms with E-state index in [1.54, 1.807) is 33.9 Å². The van der Waals surface area contributed by atoms with E-state index in [-0.39, 0.29) is 11.3 Å². The number of fused-ring (bicyclic) bond motifs is 1. The molecule has 0 fully saturated rings. The van der Waals surface area contributed by atoms with Crippen molar-refractivity contribution in [3.8, 4) is 22.9 Å². The molecule has 0 saturated heterocycles. The zero-order chi connectivity index (χ0) is 22.8. The molecular weight excluding hydrogens is 434 g/mol. The van der Waals surface area contributed by atoms with Crippen molar-refractivity contribution < 1.29 is 14.2 Å². The lowest BCUT2D eigenvalue weighted by Gasteiger charge is -2.14. The maximum atomic E-state index is 6.19. The molecule has 4 rings (SSSR count). The SMILES string of the molecule is CCC(C)n1ncc2c(Nc3cn(-c4cc(OC)c(OC)c(OC)c4)cn3)nc(Cl)nc21. The molecule has 1 atom stereocenters. The van der Waals surface area contributed by atoms with Gasteiger partial charge in [-0.15, -0.1) is 0 Å². The van der Waals surface area contributed by atoms with E-state index in [2.05, 4.69) is 39.2 Å². The Bertz CT molecular complexity index is 1230. The summed E-state index contributed by atoms with van der Waals surface area (Å²) < 4.78 is 19.9. The minimum absolute atomic E-state index is 0.133. The Morgan fingerprint density at radius 3 is 2.44 bits per heavy atom.